The third-order valence-electron chi connectivity index (χ3n) is 7.40. The van der Waals surface area contributed by atoms with E-state index in [0.717, 1.165) is 0 Å². The monoisotopic (exact) mass is 586 g/mol. The van der Waals surface area contributed by atoms with Crippen LogP contribution in [0.4, 0.5) is 0 Å². The fourth-order valence-electron chi connectivity index (χ4n) is 5.41. The van der Waals surface area contributed by atoms with Gasteiger partial charge in [-0.05, 0) is 34.1 Å². The van der Waals surface area contributed by atoms with Gasteiger partial charge in [-0.25, -0.2) is 0 Å². The molecule has 0 amide bonds. The van der Waals surface area contributed by atoms with Gasteiger partial charge in [-0.1, -0.05) is 0 Å². The fourth-order valence-corrected chi connectivity index (χ4v) is 5.41. The van der Waals surface area contributed by atoms with Crippen LogP contribution in [0.1, 0.15) is 34.1 Å². The highest BCUT2D eigenvalue weighted by atomic mass is 16.7. The molecule has 1 aliphatic carbocycles. The third-order valence-corrected chi connectivity index (χ3v) is 7.40. The Morgan fingerprint density at radius 2 is 1.02 bits per heavy atom. The van der Waals surface area contributed by atoms with Crippen LogP contribution in [0.15, 0.2) is 0 Å². The van der Waals surface area contributed by atoms with Crippen molar-refractivity contribution < 1.29 is 74.4 Å². The maximum absolute atomic E-state index is 10.9. The Kier molecular flexibility index (Phi) is 12.5. The van der Waals surface area contributed by atoms with Crippen molar-refractivity contribution in [3.8, 4) is 0 Å². The predicted octanol–water partition coefficient (Wildman–Crippen LogP) is -4.04. The SMILES string of the molecule is CC(C)O[C@H]1CC(CO)[C@@H](O[C@H]2OC(CO)[C@@H](O[C@H]3OC(CO)[C@@H](OC(C)C)[C@H](O)C3O)[C@H](O)C2O)[C@H](O)C1O. The molecule has 2 aliphatic heterocycles. The van der Waals surface area contributed by atoms with Crippen molar-refractivity contribution in [2.75, 3.05) is 19.8 Å². The van der Waals surface area contributed by atoms with Gasteiger partial charge >= 0.3 is 0 Å². The normalized spacial score (nSPS) is 46.7. The van der Waals surface area contributed by atoms with Crippen molar-refractivity contribution in [1.82, 2.24) is 0 Å². The highest BCUT2D eigenvalue weighted by Gasteiger charge is 2.53. The predicted molar refractivity (Wildman–Crippen MR) is 132 cm³/mol. The Labute approximate surface area is 232 Å². The maximum Gasteiger partial charge on any atom is 0.187 e. The van der Waals surface area contributed by atoms with E-state index in [0.29, 0.717) is 0 Å². The molecule has 3 aliphatic rings. The quantitative estimate of drug-likeness (QED) is 0.112. The minimum absolute atomic E-state index is 0.130. The molecule has 0 aromatic carbocycles. The van der Waals surface area contributed by atoms with Crippen molar-refractivity contribution in [2.45, 2.75) is 132 Å². The molecule has 0 spiro atoms. The molecule has 15 heteroatoms. The van der Waals surface area contributed by atoms with E-state index in [9.17, 15) is 46.0 Å². The summed E-state index contributed by atoms with van der Waals surface area (Å²) in [5.74, 6) is -0.722. The molecule has 9 N–H and O–H groups in total. The molecular weight excluding hydrogens is 540 g/mol. The fraction of sp³-hybridized carbons (Fsp3) is 1.00. The van der Waals surface area contributed by atoms with Crippen LogP contribution in [0.25, 0.3) is 0 Å². The Morgan fingerprint density at radius 3 is 1.50 bits per heavy atom. The molecule has 15 nitrogen and oxygen atoms in total. The third kappa shape index (κ3) is 7.48. The molecule has 2 saturated heterocycles. The van der Waals surface area contributed by atoms with Gasteiger partial charge in [0.05, 0.1) is 37.6 Å². The van der Waals surface area contributed by atoms with E-state index >= 15 is 0 Å². The van der Waals surface area contributed by atoms with Gasteiger partial charge < -0.3 is 74.4 Å². The number of ether oxygens (including phenoxy) is 6. The van der Waals surface area contributed by atoms with E-state index in [1.807, 2.05) is 0 Å². The lowest BCUT2D eigenvalue weighted by molar-refractivity contribution is -0.371. The number of hydrogen-bond donors (Lipinski definition) is 9. The molecule has 3 fully saturated rings. The number of aliphatic hydroxyl groups excluding tert-OH is 9. The Hall–Kier alpha value is -0.600. The molecule has 3 rings (SSSR count). The van der Waals surface area contributed by atoms with E-state index in [-0.39, 0.29) is 18.6 Å². The molecule has 0 radical (unpaired) electrons. The zero-order valence-electron chi connectivity index (χ0n) is 23.1. The van der Waals surface area contributed by atoms with E-state index in [1.54, 1.807) is 27.7 Å². The molecular formula is C25H46O15. The first-order valence-electron chi connectivity index (χ1n) is 13.7. The van der Waals surface area contributed by atoms with Crippen molar-refractivity contribution in [1.29, 1.82) is 0 Å². The molecule has 0 aromatic rings. The Bertz CT molecular complexity index is 752. The summed E-state index contributed by atoms with van der Waals surface area (Å²) >= 11 is 0. The van der Waals surface area contributed by atoms with E-state index < -0.39 is 112 Å². The van der Waals surface area contributed by atoms with Crippen LogP contribution in [0.2, 0.25) is 0 Å². The molecule has 15 atom stereocenters. The van der Waals surface area contributed by atoms with Crippen LogP contribution in [0.3, 0.4) is 0 Å². The molecule has 6 unspecified atom stereocenters. The largest absolute Gasteiger partial charge is 0.396 e. The van der Waals surface area contributed by atoms with Crippen molar-refractivity contribution >= 4 is 0 Å². The first-order chi connectivity index (χ1) is 18.8. The molecule has 0 aromatic heterocycles. The number of hydrogen-bond acceptors (Lipinski definition) is 15. The summed E-state index contributed by atoms with van der Waals surface area (Å²) in [5.41, 5.74) is 0. The Morgan fingerprint density at radius 1 is 0.575 bits per heavy atom. The van der Waals surface area contributed by atoms with Gasteiger partial charge in [0, 0.05) is 12.5 Å². The van der Waals surface area contributed by atoms with E-state index in [4.69, 9.17) is 28.4 Å². The van der Waals surface area contributed by atoms with Gasteiger partial charge in [-0.3, -0.25) is 0 Å². The second-order valence-electron chi connectivity index (χ2n) is 11.1. The van der Waals surface area contributed by atoms with E-state index in [1.165, 1.54) is 0 Å². The summed E-state index contributed by atoms with van der Waals surface area (Å²) < 4.78 is 33.8. The van der Waals surface area contributed by atoms with Crippen LogP contribution in [-0.2, 0) is 28.4 Å². The second kappa shape index (κ2) is 14.7. The van der Waals surface area contributed by atoms with Gasteiger partial charge in [0.1, 0.15) is 61.0 Å². The van der Waals surface area contributed by atoms with Crippen LogP contribution in [-0.4, -0.2) is 164 Å². The van der Waals surface area contributed by atoms with Gasteiger partial charge in [0.25, 0.3) is 0 Å². The summed E-state index contributed by atoms with van der Waals surface area (Å²) in [7, 11) is 0. The van der Waals surface area contributed by atoms with Crippen LogP contribution in [0.5, 0.6) is 0 Å². The average molecular weight is 587 g/mol. The summed E-state index contributed by atoms with van der Waals surface area (Å²) in [6.07, 6.45) is -20.4. The lowest BCUT2D eigenvalue weighted by atomic mass is 9.80. The van der Waals surface area contributed by atoms with Crippen LogP contribution in [0, 0.1) is 5.92 Å². The maximum atomic E-state index is 10.9. The molecule has 40 heavy (non-hydrogen) atoms. The minimum Gasteiger partial charge on any atom is -0.396 e. The number of aliphatic hydroxyl groups is 9. The second-order valence-corrected chi connectivity index (χ2v) is 11.1. The summed E-state index contributed by atoms with van der Waals surface area (Å²) in [4.78, 5) is 0. The molecule has 0 bridgehead atoms. The lowest BCUT2D eigenvalue weighted by Crippen LogP contribution is -2.66. The van der Waals surface area contributed by atoms with Gasteiger partial charge in [-0.2, -0.15) is 0 Å². The Balaban J connectivity index is 1.71. The number of rotatable bonds is 11. The smallest absolute Gasteiger partial charge is 0.187 e. The highest BCUT2D eigenvalue weighted by Crippen LogP contribution is 2.35. The van der Waals surface area contributed by atoms with Gasteiger partial charge in [0.2, 0.25) is 0 Å². The lowest BCUT2D eigenvalue weighted by Gasteiger charge is -2.48. The molecule has 1 saturated carbocycles. The van der Waals surface area contributed by atoms with Gasteiger partial charge in [-0.15, -0.1) is 0 Å². The molecule has 236 valence electrons. The standard InChI is InChI=1S/C25H46O15/c1-9(2)35-12-5-11(6-26)21(16(30)15(12)29)39-24-20(34)18(32)23(14(8-28)38-24)40-25-19(33)17(31)22(36-10(3)4)13(7-27)37-25/h9-34H,5-8H2,1-4H3/t11?,12-,13?,14?,15?,16+,17+,18+,19?,20?,21+,22+,23+,24+,25+/m0/s1. The first-order valence-corrected chi connectivity index (χ1v) is 13.7. The summed E-state index contributed by atoms with van der Waals surface area (Å²) in [6, 6.07) is 0. The average Bonchev–Trinajstić information content (AvgIpc) is 2.91. The van der Waals surface area contributed by atoms with Crippen molar-refractivity contribution in [2.24, 2.45) is 5.92 Å². The van der Waals surface area contributed by atoms with Crippen molar-refractivity contribution in [3.63, 3.8) is 0 Å². The topological polar surface area (TPSA) is 237 Å². The highest BCUT2D eigenvalue weighted by molar-refractivity contribution is 4.98. The first kappa shape index (κ1) is 33.9. The van der Waals surface area contributed by atoms with Crippen LogP contribution < -0.4 is 0 Å². The zero-order valence-corrected chi connectivity index (χ0v) is 23.1. The van der Waals surface area contributed by atoms with Crippen molar-refractivity contribution in [3.05, 3.63) is 0 Å². The minimum atomic E-state index is -1.81. The summed E-state index contributed by atoms with van der Waals surface area (Å²) in [6.45, 7) is 5.15. The van der Waals surface area contributed by atoms with Gasteiger partial charge in [0.15, 0.2) is 12.6 Å². The molecule has 2 heterocycles. The summed E-state index contributed by atoms with van der Waals surface area (Å²) in [5, 5.41) is 93.8. The van der Waals surface area contributed by atoms with E-state index in [2.05, 4.69) is 0 Å². The zero-order chi connectivity index (χ0) is 29.9. The van der Waals surface area contributed by atoms with Crippen LogP contribution >= 0.6 is 0 Å².